The van der Waals surface area contributed by atoms with E-state index in [-0.39, 0.29) is 66.8 Å². The fourth-order valence-electron chi connectivity index (χ4n) is 16.0. The lowest BCUT2D eigenvalue weighted by atomic mass is 9.94. The molecule has 0 bridgehead atoms. The number of carbonyl (C=O) groups is 12. The van der Waals surface area contributed by atoms with E-state index in [1.165, 1.54) is 267 Å². The van der Waals surface area contributed by atoms with Gasteiger partial charge in [-0.3, -0.25) is 0 Å². The van der Waals surface area contributed by atoms with Crippen LogP contribution in [0.5, 0.6) is 0 Å². The summed E-state index contributed by atoms with van der Waals surface area (Å²) in [6, 6.07) is 88.8. The molecule has 0 unspecified atom stereocenters. The number of ether oxygens (including phenoxy) is 20. The number of benzene rings is 12. The largest absolute Gasteiger partial charge is 0.459 e. The molecular formula is C109H92O33. The van der Waals surface area contributed by atoms with Crippen LogP contribution in [0.1, 0.15) is 124 Å². The van der Waals surface area contributed by atoms with Crippen LogP contribution in [0.4, 0.5) is 0 Å². The molecule has 16 rings (SSSR count). The van der Waals surface area contributed by atoms with Gasteiger partial charge in [0.15, 0.2) is 74.0 Å². The van der Waals surface area contributed by atoms with Gasteiger partial charge in [0.1, 0.15) is 75.3 Å². The lowest BCUT2D eigenvalue weighted by Gasteiger charge is -2.51. The van der Waals surface area contributed by atoms with E-state index in [4.69, 9.17) is 94.7 Å². The standard InChI is InChI=1S/C109H92O33/c1-123-106-91(137-103(120)75-56-32-11-33-57-75)88(84(133-99(116)71-48-24-7-25-49-71)79(128-106)63-125-95(112)67-40-16-3-17-41-67)141-108-93(139-105(122)77-60-36-13-37-61-77)90(86(135-101(118)73-52-28-9-29-53-73)81(130-108)65-127-97(114)69-44-20-5-21-45-69)142-109-92(138-104(121)76-58-34-12-35-59-76)89(85(134-100(117)72-50-26-8-27-51-72)80(131-109)64-126-96(113)68-42-18-4-19-43-68)140-107-87(136-102(119)74-54-30-10-31-55-74)82(110)83(132-98(115)70-46-22-6-23-47-70)78(129-107)62-124-94(111)66-38-14-2-15-39-66/h2-61,78-93,106-110H,62-65H2,1H3/t78-,79-,80-,81-,82+,83-,84-,85-,86-,87+,88+,89+,90+,91+,92+,93+,106+,107-,108-,109-/m1/s1. The quantitative estimate of drug-likeness (QED) is 0.0285. The molecule has 4 heterocycles. The van der Waals surface area contributed by atoms with Crippen LogP contribution < -0.4 is 0 Å². The normalized spacial score (nSPS) is 23.9. The predicted molar refractivity (Wildman–Crippen MR) is 494 cm³/mol. The van der Waals surface area contributed by atoms with Gasteiger partial charge in [-0.25, -0.2) is 57.5 Å². The first-order chi connectivity index (χ1) is 69.3. The van der Waals surface area contributed by atoms with Gasteiger partial charge in [-0.05, 0) is 146 Å². The Hall–Kier alpha value is -16.1. The smallest absolute Gasteiger partial charge is 0.338 e. The maximum atomic E-state index is 16.0. The summed E-state index contributed by atoms with van der Waals surface area (Å²) in [7, 11) is 1.15. The molecule has 12 aromatic carbocycles. The van der Waals surface area contributed by atoms with Crippen LogP contribution in [0.15, 0.2) is 364 Å². The van der Waals surface area contributed by atoms with Crippen molar-refractivity contribution in [3.05, 3.63) is 431 Å². The zero-order valence-corrected chi connectivity index (χ0v) is 75.5. The molecule has 0 aliphatic carbocycles. The van der Waals surface area contributed by atoms with Gasteiger partial charge in [0, 0.05) is 7.11 Å². The Morgan fingerprint density at radius 2 is 0.338 bits per heavy atom. The highest BCUT2D eigenvalue weighted by molar-refractivity contribution is 5.95. The van der Waals surface area contributed by atoms with Crippen LogP contribution in [-0.4, -0.2) is 233 Å². The van der Waals surface area contributed by atoms with E-state index in [2.05, 4.69) is 0 Å². The molecule has 20 atom stereocenters. The summed E-state index contributed by atoms with van der Waals surface area (Å²) in [6.45, 7) is -3.91. The van der Waals surface area contributed by atoms with E-state index in [1.807, 2.05) is 0 Å². The summed E-state index contributed by atoms with van der Waals surface area (Å²) < 4.78 is 133. The Morgan fingerprint density at radius 3 is 0.535 bits per heavy atom. The molecule has 4 aliphatic rings. The minimum atomic E-state index is -2.61. The zero-order chi connectivity index (χ0) is 98.8. The van der Waals surface area contributed by atoms with Crippen LogP contribution >= 0.6 is 0 Å². The number of hydrogen-bond acceptors (Lipinski definition) is 33. The molecule has 0 aromatic heterocycles. The summed E-state index contributed by atoms with van der Waals surface area (Å²) in [5.41, 5.74) is -1.28. The molecule has 726 valence electrons. The predicted octanol–water partition coefficient (Wildman–Crippen LogP) is 13.3. The van der Waals surface area contributed by atoms with Crippen molar-refractivity contribution in [3.8, 4) is 0 Å². The minimum Gasteiger partial charge on any atom is -0.459 e. The highest BCUT2D eigenvalue weighted by atomic mass is 16.8. The van der Waals surface area contributed by atoms with Gasteiger partial charge in [0.05, 0.1) is 66.8 Å². The summed E-state index contributed by atoms with van der Waals surface area (Å²) >= 11 is 0. The topological polar surface area (TPSA) is 410 Å². The number of hydrogen-bond donors (Lipinski definition) is 1. The van der Waals surface area contributed by atoms with Crippen molar-refractivity contribution in [2.75, 3.05) is 33.5 Å². The van der Waals surface area contributed by atoms with Crippen molar-refractivity contribution < 1.29 is 157 Å². The Morgan fingerprint density at radius 1 is 0.190 bits per heavy atom. The molecule has 1 N–H and O–H groups in total. The summed E-state index contributed by atoms with van der Waals surface area (Å²) in [5.74, 6) is -13.5. The Balaban J connectivity index is 0.921. The first-order valence-electron chi connectivity index (χ1n) is 45.0. The van der Waals surface area contributed by atoms with Crippen molar-refractivity contribution >= 4 is 71.6 Å². The third kappa shape index (κ3) is 25.0. The Bertz CT molecular complexity index is 6250. The molecule has 4 saturated heterocycles. The van der Waals surface area contributed by atoms with E-state index in [0.29, 0.717) is 0 Å². The molecule has 0 radical (unpaired) electrons. The second kappa shape index (κ2) is 48.0. The van der Waals surface area contributed by atoms with E-state index < -0.39 is 221 Å². The summed E-state index contributed by atoms with van der Waals surface area (Å²) in [6.07, 6.45) is -44.8. The number of esters is 12. The molecule has 0 amide bonds. The van der Waals surface area contributed by atoms with E-state index in [1.54, 1.807) is 97.1 Å². The minimum absolute atomic E-state index is 0.00616. The molecular weight excluding hydrogens is 1840 g/mol. The average molecular weight is 1930 g/mol. The lowest BCUT2D eigenvalue weighted by molar-refractivity contribution is -0.387. The highest BCUT2D eigenvalue weighted by Crippen LogP contribution is 2.42. The van der Waals surface area contributed by atoms with Crippen LogP contribution in [0, 0.1) is 0 Å². The van der Waals surface area contributed by atoms with Gasteiger partial charge in [0.25, 0.3) is 0 Å². The molecule has 0 spiro atoms. The van der Waals surface area contributed by atoms with Crippen molar-refractivity contribution in [1.82, 2.24) is 0 Å². The Kier molecular flexibility index (Phi) is 33.4. The fourth-order valence-corrected chi connectivity index (χ4v) is 16.0. The van der Waals surface area contributed by atoms with Gasteiger partial charge in [-0.15, -0.1) is 0 Å². The van der Waals surface area contributed by atoms with Crippen molar-refractivity contribution in [1.29, 1.82) is 0 Å². The van der Waals surface area contributed by atoms with Crippen molar-refractivity contribution in [3.63, 3.8) is 0 Å². The molecule has 4 fully saturated rings. The maximum absolute atomic E-state index is 16.0. The van der Waals surface area contributed by atoms with Gasteiger partial charge >= 0.3 is 71.6 Å². The lowest BCUT2D eigenvalue weighted by Crippen LogP contribution is -2.70. The number of aliphatic hydroxyl groups is 1. The van der Waals surface area contributed by atoms with Gasteiger partial charge < -0.3 is 99.8 Å². The Labute approximate surface area is 812 Å². The zero-order valence-electron chi connectivity index (χ0n) is 75.5. The van der Waals surface area contributed by atoms with E-state index in [0.717, 1.165) is 7.11 Å². The van der Waals surface area contributed by atoms with Crippen LogP contribution in [0.2, 0.25) is 0 Å². The fraction of sp³-hybridized carbons (Fsp3) is 0.229. The monoisotopic (exact) mass is 1930 g/mol. The molecule has 142 heavy (non-hydrogen) atoms. The third-order valence-corrected chi connectivity index (χ3v) is 23.1. The molecule has 4 aliphatic heterocycles. The third-order valence-electron chi connectivity index (χ3n) is 23.1. The number of aliphatic hydroxyl groups excluding tert-OH is 1. The SMILES string of the molecule is CO[C@H]1O[C@H](COC(=O)c2ccccc2)[C@@H](OC(=O)c2ccccc2)[C@H](O[C@H]2O[C@H](COC(=O)c3ccccc3)[C@@H](OC(=O)c3ccccc3)[C@H](O[C@H]3O[C@H](COC(=O)c4ccccc4)[C@@H](OC(=O)c4ccccc4)[C@H](O[C@H]4O[C@H](COC(=O)c5ccccc5)[C@@H](OC(=O)c5ccccc5)[C@H](O)[C@@H]4OC(=O)c4ccccc4)[C@@H]3OC(=O)c3ccccc3)[C@@H]2OC(=O)c2ccccc2)[C@@H]1OC(=O)c1ccccc1. The van der Waals surface area contributed by atoms with Crippen LogP contribution in [-0.2, 0) is 94.7 Å². The van der Waals surface area contributed by atoms with Crippen LogP contribution in [0.25, 0.3) is 0 Å². The van der Waals surface area contributed by atoms with Gasteiger partial charge in [-0.1, -0.05) is 218 Å². The van der Waals surface area contributed by atoms with Gasteiger partial charge in [-0.2, -0.15) is 0 Å². The number of rotatable bonds is 35. The van der Waals surface area contributed by atoms with Gasteiger partial charge in [0.2, 0.25) is 0 Å². The molecule has 12 aromatic rings. The maximum Gasteiger partial charge on any atom is 0.338 e. The average Bonchev–Trinajstić information content (AvgIpc) is 0.752. The first-order valence-corrected chi connectivity index (χ1v) is 45.0. The molecule has 33 nitrogen and oxygen atoms in total. The second-order valence-corrected chi connectivity index (χ2v) is 32.4. The summed E-state index contributed by atoms with van der Waals surface area (Å²) in [5, 5.41) is 13.4. The van der Waals surface area contributed by atoms with Crippen molar-refractivity contribution in [2.24, 2.45) is 0 Å². The first kappa shape index (κ1) is 98.9. The van der Waals surface area contributed by atoms with Crippen molar-refractivity contribution in [2.45, 2.75) is 123 Å². The summed E-state index contributed by atoms with van der Waals surface area (Å²) in [4.78, 5) is 182. The highest BCUT2D eigenvalue weighted by Gasteiger charge is 2.63. The number of methoxy groups -OCH3 is 1. The second-order valence-electron chi connectivity index (χ2n) is 32.4. The van der Waals surface area contributed by atoms with E-state index in [9.17, 15) is 29.1 Å². The van der Waals surface area contributed by atoms with E-state index >= 15 is 33.6 Å². The number of carbonyl (C=O) groups excluding carboxylic acids is 12. The van der Waals surface area contributed by atoms with Crippen LogP contribution in [0.3, 0.4) is 0 Å². The molecule has 0 saturated carbocycles. The molecule has 33 heteroatoms.